The summed E-state index contributed by atoms with van der Waals surface area (Å²) in [5, 5.41) is 9.53. The van der Waals surface area contributed by atoms with Gasteiger partial charge in [0.05, 0.1) is 7.11 Å². The van der Waals surface area contributed by atoms with Crippen molar-refractivity contribution in [1.82, 2.24) is 0 Å². The summed E-state index contributed by atoms with van der Waals surface area (Å²) in [6.45, 7) is 4.58. The number of benzene rings is 1. The molecule has 1 N–H and O–H groups in total. The first-order valence-electron chi connectivity index (χ1n) is 8.88. The van der Waals surface area contributed by atoms with Gasteiger partial charge in [-0.1, -0.05) is 44.6 Å². The number of carbonyl (C=O) groups is 1. The SMILES string of the molecule is COc1cc(/C=C/COC(=O)CCCCC/C=C/C(C)C)ccc1O. The fourth-order valence-electron chi connectivity index (χ4n) is 2.27. The number of unbranched alkanes of at least 4 members (excludes halogenated alkanes) is 3. The lowest BCUT2D eigenvalue weighted by Crippen LogP contribution is -2.03. The third-order valence-corrected chi connectivity index (χ3v) is 3.63. The lowest BCUT2D eigenvalue weighted by atomic mass is 10.1. The summed E-state index contributed by atoms with van der Waals surface area (Å²) < 4.78 is 10.2. The van der Waals surface area contributed by atoms with Gasteiger partial charge in [0, 0.05) is 6.42 Å². The molecule has 1 rings (SSSR count). The van der Waals surface area contributed by atoms with Gasteiger partial charge in [0.15, 0.2) is 11.5 Å². The summed E-state index contributed by atoms with van der Waals surface area (Å²) in [5.74, 6) is 0.963. The zero-order valence-electron chi connectivity index (χ0n) is 15.5. The van der Waals surface area contributed by atoms with Crippen LogP contribution in [0.4, 0.5) is 0 Å². The van der Waals surface area contributed by atoms with Gasteiger partial charge in [-0.3, -0.25) is 4.79 Å². The van der Waals surface area contributed by atoms with Crippen molar-refractivity contribution in [3.63, 3.8) is 0 Å². The quantitative estimate of drug-likeness (QED) is 0.343. The number of hydrogen-bond donors (Lipinski definition) is 1. The van der Waals surface area contributed by atoms with Crippen LogP contribution in [0.5, 0.6) is 11.5 Å². The van der Waals surface area contributed by atoms with Gasteiger partial charge in [-0.15, -0.1) is 0 Å². The minimum absolute atomic E-state index is 0.103. The number of rotatable bonds is 11. The van der Waals surface area contributed by atoms with E-state index >= 15 is 0 Å². The molecule has 0 saturated carbocycles. The number of hydrogen-bond acceptors (Lipinski definition) is 4. The number of phenols is 1. The molecule has 0 unspecified atom stereocenters. The molecule has 0 aromatic heterocycles. The Balaban J connectivity index is 2.16. The predicted octanol–water partition coefficient (Wildman–Crippen LogP) is 5.12. The van der Waals surface area contributed by atoms with E-state index in [4.69, 9.17) is 9.47 Å². The van der Waals surface area contributed by atoms with E-state index < -0.39 is 0 Å². The first-order chi connectivity index (χ1) is 12.0. The topological polar surface area (TPSA) is 55.8 Å². The Labute approximate surface area is 151 Å². The van der Waals surface area contributed by atoms with Crippen molar-refractivity contribution < 1.29 is 19.4 Å². The van der Waals surface area contributed by atoms with Crippen LogP contribution in [0.3, 0.4) is 0 Å². The van der Waals surface area contributed by atoms with Crippen LogP contribution in [-0.2, 0) is 9.53 Å². The highest BCUT2D eigenvalue weighted by Crippen LogP contribution is 2.26. The van der Waals surface area contributed by atoms with E-state index in [-0.39, 0.29) is 18.3 Å². The molecule has 0 heterocycles. The van der Waals surface area contributed by atoms with Crippen LogP contribution >= 0.6 is 0 Å². The predicted molar refractivity (Wildman–Crippen MR) is 102 cm³/mol. The third kappa shape index (κ3) is 9.60. The number of carbonyl (C=O) groups excluding carboxylic acids is 1. The van der Waals surface area contributed by atoms with Gasteiger partial charge in [-0.2, -0.15) is 0 Å². The van der Waals surface area contributed by atoms with Gasteiger partial charge in [0.25, 0.3) is 0 Å². The number of phenolic OH excluding ortho intramolecular Hbond substituents is 1. The lowest BCUT2D eigenvalue weighted by Gasteiger charge is -2.04. The molecule has 4 heteroatoms. The molecule has 0 aliphatic carbocycles. The molecule has 0 aliphatic heterocycles. The molecule has 0 aliphatic rings. The highest BCUT2D eigenvalue weighted by molar-refractivity contribution is 5.69. The number of ether oxygens (including phenoxy) is 2. The van der Waals surface area contributed by atoms with Crippen LogP contribution in [0.15, 0.2) is 36.4 Å². The van der Waals surface area contributed by atoms with Crippen LogP contribution in [0.1, 0.15) is 51.5 Å². The molecule has 0 amide bonds. The summed E-state index contributed by atoms with van der Waals surface area (Å²) in [7, 11) is 1.50. The first kappa shape index (κ1) is 20.8. The summed E-state index contributed by atoms with van der Waals surface area (Å²) in [6.07, 6.45) is 12.6. The van der Waals surface area contributed by atoms with Gasteiger partial charge in [-0.25, -0.2) is 0 Å². The molecule has 1 aromatic rings. The summed E-state index contributed by atoms with van der Waals surface area (Å²) in [5.41, 5.74) is 0.875. The normalized spacial score (nSPS) is 11.5. The second kappa shape index (κ2) is 12.2. The number of methoxy groups -OCH3 is 1. The number of allylic oxidation sites excluding steroid dienone is 2. The standard InChI is InChI=1S/C21H30O4/c1-17(2)10-7-5-4-6-8-12-21(23)25-15-9-11-18-13-14-19(22)20(16-18)24-3/h7,9-11,13-14,16-17,22H,4-6,8,12,15H2,1-3H3/b10-7+,11-9+. The van der Waals surface area contributed by atoms with Crippen LogP contribution < -0.4 is 4.74 Å². The van der Waals surface area contributed by atoms with Crippen molar-refractivity contribution in [2.45, 2.75) is 46.0 Å². The molecule has 4 nitrogen and oxygen atoms in total. The van der Waals surface area contributed by atoms with Gasteiger partial charge >= 0.3 is 5.97 Å². The molecule has 138 valence electrons. The minimum Gasteiger partial charge on any atom is -0.504 e. The van der Waals surface area contributed by atoms with Crippen molar-refractivity contribution in [3.8, 4) is 11.5 Å². The molecule has 25 heavy (non-hydrogen) atoms. The Morgan fingerprint density at radius 2 is 2.00 bits per heavy atom. The van der Waals surface area contributed by atoms with E-state index in [1.54, 1.807) is 24.3 Å². The van der Waals surface area contributed by atoms with Crippen LogP contribution in [0.25, 0.3) is 6.08 Å². The van der Waals surface area contributed by atoms with Crippen LogP contribution in [0.2, 0.25) is 0 Å². The monoisotopic (exact) mass is 346 g/mol. The van der Waals surface area contributed by atoms with Crippen molar-refractivity contribution >= 4 is 12.0 Å². The Morgan fingerprint density at radius 1 is 1.20 bits per heavy atom. The van der Waals surface area contributed by atoms with E-state index in [0.29, 0.717) is 18.1 Å². The smallest absolute Gasteiger partial charge is 0.306 e. The maximum atomic E-state index is 11.7. The molecular formula is C21H30O4. The highest BCUT2D eigenvalue weighted by Gasteiger charge is 2.02. The second-order valence-electron chi connectivity index (χ2n) is 6.29. The van der Waals surface area contributed by atoms with Crippen molar-refractivity contribution in [1.29, 1.82) is 0 Å². The van der Waals surface area contributed by atoms with Crippen LogP contribution in [-0.4, -0.2) is 24.8 Å². The van der Waals surface area contributed by atoms with Gasteiger partial charge < -0.3 is 14.6 Å². The summed E-state index contributed by atoms with van der Waals surface area (Å²) in [4.78, 5) is 11.7. The molecule has 0 atom stereocenters. The van der Waals surface area contributed by atoms with Crippen LogP contribution in [0, 0.1) is 5.92 Å². The zero-order chi connectivity index (χ0) is 18.5. The third-order valence-electron chi connectivity index (χ3n) is 3.63. The summed E-state index contributed by atoms with van der Waals surface area (Å²) in [6, 6.07) is 5.06. The average molecular weight is 346 g/mol. The highest BCUT2D eigenvalue weighted by atomic mass is 16.5. The van der Waals surface area contributed by atoms with E-state index in [2.05, 4.69) is 26.0 Å². The lowest BCUT2D eigenvalue weighted by molar-refractivity contribution is -0.142. The average Bonchev–Trinajstić information content (AvgIpc) is 2.58. The molecule has 0 bridgehead atoms. The van der Waals surface area contributed by atoms with E-state index in [1.807, 2.05) is 6.08 Å². The molecular weight excluding hydrogens is 316 g/mol. The maximum Gasteiger partial charge on any atom is 0.306 e. The largest absolute Gasteiger partial charge is 0.504 e. The fraction of sp³-hybridized carbons (Fsp3) is 0.476. The Morgan fingerprint density at radius 3 is 2.72 bits per heavy atom. The van der Waals surface area contributed by atoms with Crippen molar-refractivity contribution in [3.05, 3.63) is 42.0 Å². The van der Waals surface area contributed by atoms with E-state index in [0.717, 1.165) is 31.2 Å². The second-order valence-corrected chi connectivity index (χ2v) is 6.29. The Bertz CT molecular complexity index is 573. The minimum atomic E-state index is -0.161. The van der Waals surface area contributed by atoms with E-state index in [1.165, 1.54) is 7.11 Å². The van der Waals surface area contributed by atoms with E-state index in [9.17, 15) is 9.90 Å². The first-order valence-corrected chi connectivity index (χ1v) is 8.88. The molecule has 1 aromatic carbocycles. The Kier molecular flexibility index (Phi) is 10.1. The summed E-state index contributed by atoms with van der Waals surface area (Å²) >= 11 is 0. The molecule has 0 saturated heterocycles. The van der Waals surface area contributed by atoms with Gasteiger partial charge in [0.2, 0.25) is 0 Å². The van der Waals surface area contributed by atoms with Gasteiger partial charge in [0.1, 0.15) is 6.61 Å². The number of aromatic hydroxyl groups is 1. The fourth-order valence-corrected chi connectivity index (χ4v) is 2.27. The number of esters is 1. The molecule has 0 spiro atoms. The van der Waals surface area contributed by atoms with Crippen molar-refractivity contribution in [2.75, 3.05) is 13.7 Å². The molecule has 0 radical (unpaired) electrons. The van der Waals surface area contributed by atoms with Gasteiger partial charge in [-0.05, 0) is 49.0 Å². The molecule has 0 fully saturated rings. The Hall–Kier alpha value is -2.23. The van der Waals surface area contributed by atoms with Crippen molar-refractivity contribution in [2.24, 2.45) is 5.92 Å². The zero-order valence-corrected chi connectivity index (χ0v) is 15.5. The maximum absolute atomic E-state index is 11.7.